The molecule has 92 valence electrons. The number of hydrogen-bond donors (Lipinski definition) is 2. The van der Waals surface area contributed by atoms with Crippen LogP contribution in [-0.4, -0.2) is 17.3 Å². The van der Waals surface area contributed by atoms with Gasteiger partial charge in [0, 0.05) is 22.2 Å². The Hall–Kier alpha value is -0.740. The van der Waals surface area contributed by atoms with Crippen LogP contribution in [0.25, 0.3) is 0 Å². The van der Waals surface area contributed by atoms with E-state index in [2.05, 4.69) is 30.4 Å². The molecule has 1 aliphatic carbocycles. The molecule has 0 saturated heterocycles. The molecule has 17 heavy (non-hydrogen) atoms. The van der Waals surface area contributed by atoms with Crippen LogP contribution in [0.5, 0.6) is 0 Å². The zero-order valence-electron chi connectivity index (χ0n) is 10.2. The smallest absolute Gasteiger partial charge is 0.107 e. The summed E-state index contributed by atoms with van der Waals surface area (Å²) >= 11 is 6.84. The molecule has 2 rings (SSSR count). The molecule has 0 spiro atoms. The van der Waals surface area contributed by atoms with E-state index in [4.69, 9.17) is 18.0 Å². The number of anilines is 1. The molecular formula is C13H18N2S2. The molecule has 0 bridgehead atoms. The van der Waals surface area contributed by atoms with E-state index in [9.17, 15) is 0 Å². The van der Waals surface area contributed by atoms with E-state index in [0.717, 1.165) is 22.1 Å². The van der Waals surface area contributed by atoms with E-state index in [-0.39, 0.29) is 0 Å². The molecule has 1 aromatic carbocycles. The molecule has 0 heterocycles. The van der Waals surface area contributed by atoms with Gasteiger partial charge in [-0.1, -0.05) is 31.6 Å². The molecule has 1 aromatic rings. The van der Waals surface area contributed by atoms with Crippen LogP contribution in [0.1, 0.15) is 25.3 Å². The maximum Gasteiger partial charge on any atom is 0.107 e. The number of thioether (sulfide) groups is 1. The second-order valence-corrected chi connectivity index (χ2v) is 5.69. The lowest BCUT2D eigenvalue weighted by Gasteiger charge is -2.14. The van der Waals surface area contributed by atoms with Gasteiger partial charge in [-0.3, -0.25) is 0 Å². The van der Waals surface area contributed by atoms with Crippen LogP contribution in [0, 0.1) is 5.92 Å². The van der Waals surface area contributed by atoms with Crippen molar-refractivity contribution >= 4 is 34.7 Å². The standard InChI is InChI=1S/C13H18N2S2/c1-3-8-7-10(8)15-9-5-4-6-11(17-2)12(9)13(14)16/h4-6,8,10,15H,3,7H2,1-2H3,(H2,14,16). The highest BCUT2D eigenvalue weighted by Crippen LogP contribution is 2.38. The first-order valence-corrected chi connectivity index (χ1v) is 7.54. The fourth-order valence-electron chi connectivity index (χ4n) is 2.15. The van der Waals surface area contributed by atoms with Crippen LogP contribution >= 0.6 is 24.0 Å². The van der Waals surface area contributed by atoms with Crippen LogP contribution in [-0.2, 0) is 0 Å². The van der Waals surface area contributed by atoms with E-state index in [1.165, 1.54) is 12.8 Å². The summed E-state index contributed by atoms with van der Waals surface area (Å²) in [7, 11) is 0. The van der Waals surface area contributed by atoms with Gasteiger partial charge in [-0.25, -0.2) is 0 Å². The Balaban J connectivity index is 2.24. The summed E-state index contributed by atoms with van der Waals surface area (Å²) in [6.45, 7) is 2.24. The minimum absolute atomic E-state index is 0.478. The lowest BCUT2D eigenvalue weighted by atomic mass is 10.1. The molecule has 0 amide bonds. The van der Waals surface area contributed by atoms with Crippen LogP contribution < -0.4 is 11.1 Å². The van der Waals surface area contributed by atoms with Crippen molar-refractivity contribution in [3.63, 3.8) is 0 Å². The Morgan fingerprint density at radius 2 is 2.35 bits per heavy atom. The molecule has 4 heteroatoms. The summed E-state index contributed by atoms with van der Waals surface area (Å²) in [6, 6.07) is 6.79. The van der Waals surface area contributed by atoms with Gasteiger partial charge in [0.05, 0.1) is 0 Å². The van der Waals surface area contributed by atoms with Crippen molar-refractivity contribution < 1.29 is 0 Å². The molecule has 1 fully saturated rings. The third kappa shape index (κ3) is 2.75. The Kier molecular flexibility index (Phi) is 3.94. The lowest BCUT2D eigenvalue weighted by Crippen LogP contribution is -2.16. The van der Waals surface area contributed by atoms with Gasteiger partial charge in [0.25, 0.3) is 0 Å². The van der Waals surface area contributed by atoms with Crippen molar-refractivity contribution in [2.75, 3.05) is 11.6 Å². The van der Waals surface area contributed by atoms with Crippen LogP contribution in [0.15, 0.2) is 23.1 Å². The monoisotopic (exact) mass is 266 g/mol. The number of benzene rings is 1. The fourth-order valence-corrected chi connectivity index (χ4v) is 3.07. The summed E-state index contributed by atoms with van der Waals surface area (Å²) in [6.07, 6.45) is 4.55. The zero-order valence-corrected chi connectivity index (χ0v) is 11.8. The fraction of sp³-hybridized carbons (Fsp3) is 0.462. The number of thiocarbonyl (C=S) groups is 1. The molecule has 1 saturated carbocycles. The van der Waals surface area contributed by atoms with Crippen molar-refractivity contribution in [3.05, 3.63) is 23.8 Å². The third-order valence-corrected chi connectivity index (χ3v) is 4.26. The summed E-state index contributed by atoms with van der Waals surface area (Å²) in [4.78, 5) is 1.63. The first-order chi connectivity index (χ1) is 8.17. The lowest BCUT2D eigenvalue weighted by molar-refractivity contribution is 0.774. The third-order valence-electron chi connectivity index (χ3n) is 3.28. The Morgan fingerprint density at radius 1 is 1.59 bits per heavy atom. The van der Waals surface area contributed by atoms with Gasteiger partial charge in [-0.05, 0) is 30.7 Å². The van der Waals surface area contributed by atoms with Gasteiger partial charge in [0.15, 0.2) is 0 Å². The predicted molar refractivity (Wildman–Crippen MR) is 79.9 cm³/mol. The van der Waals surface area contributed by atoms with Crippen LogP contribution in [0.3, 0.4) is 0 Å². The molecule has 2 unspecified atom stereocenters. The number of rotatable bonds is 5. The Morgan fingerprint density at radius 3 is 2.88 bits per heavy atom. The quantitative estimate of drug-likeness (QED) is 0.634. The number of nitrogens with one attached hydrogen (secondary N) is 1. The second-order valence-electron chi connectivity index (χ2n) is 4.40. The average Bonchev–Trinajstić information content (AvgIpc) is 3.06. The highest BCUT2D eigenvalue weighted by Gasteiger charge is 2.35. The predicted octanol–water partition coefficient (Wildman–Crippen LogP) is 3.25. The molecule has 0 aliphatic heterocycles. The largest absolute Gasteiger partial charge is 0.389 e. The summed E-state index contributed by atoms with van der Waals surface area (Å²) in [5.74, 6) is 0.812. The first-order valence-electron chi connectivity index (χ1n) is 5.90. The average molecular weight is 266 g/mol. The zero-order chi connectivity index (χ0) is 12.4. The highest BCUT2D eigenvalue weighted by atomic mass is 32.2. The molecular weight excluding hydrogens is 248 g/mol. The Bertz CT molecular complexity index is 431. The van der Waals surface area contributed by atoms with E-state index >= 15 is 0 Å². The van der Waals surface area contributed by atoms with Crippen molar-refractivity contribution in [1.82, 2.24) is 0 Å². The van der Waals surface area contributed by atoms with Crippen LogP contribution in [0.4, 0.5) is 5.69 Å². The van der Waals surface area contributed by atoms with Crippen molar-refractivity contribution in [1.29, 1.82) is 0 Å². The van der Waals surface area contributed by atoms with Gasteiger partial charge in [0.1, 0.15) is 4.99 Å². The summed E-state index contributed by atoms with van der Waals surface area (Å²) in [5.41, 5.74) is 7.92. The number of hydrogen-bond acceptors (Lipinski definition) is 3. The Labute approximate surface area is 112 Å². The summed E-state index contributed by atoms with van der Waals surface area (Å²) in [5, 5.41) is 3.56. The van der Waals surface area contributed by atoms with E-state index < -0.39 is 0 Å². The molecule has 2 atom stereocenters. The molecule has 2 nitrogen and oxygen atoms in total. The minimum atomic E-state index is 0.478. The first kappa shape index (κ1) is 12.7. The topological polar surface area (TPSA) is 38.0 Å². The highest BCUT2D eigenvalue weighted by molar-refractivity contribution is 7.98. The van der Waals surface area contributed by atoms with E-state index in [1.54, 1.807) is 11.8 Å². The van der Waals surface area contributed by atoms with Gasteiger partial charge >= 0.3 is 0 Å². The maximum atomic E-state index is 5.83. The SMILES string of the molecule is CCC1CC1Nc1cccc(SC)c1C(N)=S. The van der Waals surface area contributed by atoms with Gasteiger partial charge in [0.2, 0.25) is 0 Å². The van der Waals surface area contributed by atoms with Gasteiger partial charge in [-0.2, -0.15) is 0 Å². The van der Waals surface area contributed by atoms with Gasteiger partial charge < -0.3 is 11.1 Å². The number of nitrogens with two attached hydrogens (primary N) is 1. The van der Waals surface area contributed by atoms with Crippen molar-refractivity contribution in [2.24, 2.45) is 11.7 Å². The molecule has 3 N–H and O–H groups in total. The normalized spacial score (nSPS) is 22.2. The maximum absolute atomic E-state index is 5.83. The molecule has 0 radical (unpaired) electrons. The molecule has 1 aliphatic rings. The van der Waals surface area contributed by atoms with E-state index in [1.807, 2.05) is 6.26 Å². The van der Waals surface area contributed by atoms with Gasteiger partial charge in [-0.15, -0.1) is 11.8 Å². The second kappa shape index (κ2) is 5.27. The minimum Gasteiger partial charge on any atom is -0.389 e. The van der Waals surface area contributed by atoms with Crippen molar-refractivity contribution in [3.8, 4) is 0 Å². The summed E-state index contributed by atoms with van der Waals surface area (Å²) < 4.78 is 0. The van der Waals surface area contributed by atoms with Crippen LogP contribution in [0.2, 0.25) is 0 Å². The van der Waals surface area contributed by atoms with E-state index in [0.29, 0.717) is 11.0 Å². The van der Waals surface area contributed by atoms with Crippen molar-refractivity contribution in [2.45, 2.75) is 30.7 Å². The molecule has 0 aromatic heterocycles.